The third kappa shape index (κ3) is 3.72. The molecule has 0 unspecified atom stereocenters. The first kappa shape index (κ1) is 17.8. The topological polar surface area (TPSA) is 72.4 Å². The number of furan rings is 1. The Morgan fingerprint density at radius 3 is 2.61 bits per heavy atom. The fourth-order valence-electron chi connectivity index (χ4n) is 2.67. The summed E-state index contributed by atoms with van der Waals surface area (Å²) in [6, 6.07) is 20.1. The van der Waals surface area contributed by atoms with E-state index in [-0.39, 0.29) is 0 Å². The summed E-state index contributed by atoms with van der Waals surface area (Å²) in [5.41, 5.74) is 5.05. The molecule has 4 aromatic rings. The molecule has 2 aromatic carbocycles. The van der Waals surface area contributed by atoms with Gasteiger partial charge in [-0.15, -0.1) is 0 Å². The molecule has 2 aromatic heterocycles. The van der Waals surface area contributed by atoms with E-state index in [4.69, 9.17) is 16.0 Å². The summed E-state index contributed by atoms with van der Waals surface area (Å²) >= 11 is 6.04. The van der Waals surface area contributed by atoms with Crippen LogP contribution < -0.4 is 5.43 Å². The average Bonchev–Trinajstić information content (AvgIpc) is 3.39. The lowest BCUT2D eigenvalue weighted by molar-refractivity contribution is 0.0955. The summed E-state index contributed by atoms with van der Waals surface area (Å²) in [5, 5.41) is 9.01. The maximum atomic E-state index is 12.2. The summed E-state index contributed by atoms with van der Waals surface area (Å²) in [6.45, 7) is 0. The van der Waals surface area contributed by atoms with Crippen molar-refractivity contribution in [2.75, 3.05) is 0 Å². The normalized spacial score (nSPS) is 11.0. The average molecular weight is 391 g/mol. The number of nitrogens with one attached hydrogen (secondary N) is 1. The SMILES string of the molecule is O=C(N/N=C\c1cn(-c2ccccc2)nc1-c1ccco1)c1ccccc1Cl. The molecule has 0 radical (unpaired) electrons. The number of hydrogen-bond donors (Lipinski definition) is 1. The number of hydrogen-bond acceptors (Lipinski definition) is 4. The second-order valence-corrected chi connectivity index (χ2v) is 6.28. The van der Waals surface area contributed by atoms with Gasteiger partial charge in [0.15, 0.2) is 5.76 Å². The lowest BCUT2D eigenvalue weighted by Gasteiger charge is -2.01. The Kier molecular flexibility index (Phi) is 5.03. The molecule has 7 heteroatoms. The zero-order chi connectivity index (χ0) is 19.3. The van der Waals surface area contributed by atoms with Gasteiger partial charge in [-0.2, -0.15) is 10.2 Å². The third-order valence-corrected chi connectivity index (χ3v) is 4.34. The Labute approximate surface area is 166 Å². The van der Waals surface area contributed by atoms with E-state index in [2.05, 4.69) is 15.6 Å². The number of aromatic nitrogens is 2. The van der Waals surface area contributed by atoms with E-state index in [1.54, 1.807) is 41.3 Å². The number of rotatable bonds is 5. The van der Waals surface area contributed by atoms with Crippen molar-refractivity contribution in [3.63, 3.8) is 0 Å². The first-order chi connectivity index (χ1) is 13.7. The van der Waals surface area contributed by atoms with E-state index < -0.39 is 5.91 Å². The van der Waals surface area contributed by atoms with Crippen molar-refractivity contribution in [3.05, 3.63) is 95.3 Å². The van der Waals surface area contributed by atoms with Gasteiger partial charge in [0.1, 0.15) is 5.69 Å². The van der Waals surface area contributed by atoms with Crippen molar-refractivity contribution in [2.24, 2.45) is 5.10 Å². The number of benzene rings is 2. The van der Waals surface area contributed by atoms with Gasteiger partial charge < -0.3 is 4.42 Å². The van der Waals surface area contributed by atoms with Crippen LogP contribution >= 0.6 is 11.6 Å². The first-order valence-electron chi connectivity index (χ1n) is 8.49. The van der Waals surface area contributed by atoms with Gasteiger partial charge in [0.25, 0.3) is 5.91 Å². The molecule has 1 amide bonds. The monoisotopic (exact) mass is 390 g/mol. The second kappa shape index (κ2) is 7.94. The first-order valence-corrected chi connectivity index (χ1v) is 8.87. The molecule has 28 heavy (non-hydrogen) atoms. The van der Waals surface area contributed by atoms with Crippen LogP contribution in [-0.4, -0.2) is 21.9 Å². The van der Waals surface area contributed by atoms with Crippen LogP contribution in [0.25, 0.3) is 17.1 Å². The van der Waals surface area contributed by atoms with Crippen molar-refractivity contribution >= 4 is 23.7 Å². The smallest absolute Gasteiger partial charge is 0.272 e. The molecule has 2 heterocycles. The quantitative estimate of drug-likeness (QED) is 0.401. The number of halogens is 1. The molecule has 0 saturated carbocycles. The minimum atomic E-state index is -0.392. The van der Waals surface area contributed by atoms with Crippen molar-refractivity contribution in [1.82, 2.24) is 15.2 Å². The Hall–Kier alpha value is -3.64. The van der Waals surface area contributed by atoms with Crippen LogP contribution in [-0.2, 0) is 0 Å². The van der Waals surface area contributed by atoms with Crippen LogP contribution in [0, 0.1) is 0 Å². The summed E-state index contributed by atoms with van der Waals surface area (Å²) in [5.74, 6) is 0.213. The molecule has 0 aliphatic rings. The van der Waals surface area contributed by atoms with Gasteiger partial charge in [-0.25, -0.2) is 10.1 Å². The van der Waals surface area contributed by atoms with Crippen LogP contribution in [0.4, 0.5) is 0 Å². The maximum Gasteiger partial charge on any atom is 0.272 e. The van der Waals surface area contributed by atoms with E-state index in [0.717, 1.165) is 5.69 Å². The Morgan fingerprint density at radius 1 is 1.07 bits per heavy atom. The van der Waals surface area contributed by atoms with E-state index >= 15 is 0 Å². The second-order valence-electron chi connectivity index (χ2n) is 5.87. The molecule has 0 aliphatic heterocycles. The summed E-state index contributed by atoms with van der Waals surface area (Å²) < 4.78 is 7.21. The van der Waals surface area contributed by atoms with E-state index in [1.807, 2.05) is 42.6 Å². The predicted octanol–water partition coefficient (Wildman–Crippen LogP) is 4.55. The predicted molar refractivity (Wildman–Crippen MR) is 108 cm³/mol. The highest BCUT2D eigenvalue weighted by Gasteiger charge is 2.14. The van der Waals surface area contributed by atoms with Crippen LogP contribution in [0.3, 0.4) is 0 Å². The van der Waals surface area contributed by atoms with Crippen molar-refractivity contribution < 1.29 is 9.21 Å². The molecular weight excluding hydrogens is 376 g/mol. The van der Waals surface area contributed by atoms with Gasteiger partial charge in [-0.1, -0.05) is 41.9 Å². The number of amides is 1. The zero-order valence-corrected chi connectivity index (χ0v) is 15.4. The fraction of sp³-hybridized carbons (Fsp3) is 0. The molecule has 0 aliphatic carbocycles. The van der Waals surface area contributed by atoms with Crippen LogP contribution in [0.5, 0.6) is 0 Å². The zero-order valence-electron chi connectivity index (χ0n) is 14.6. The van der Waals surface area contributed by atoms with Gasteiger partial charge in [0.2, 0.25) is 0 Å². The van der Waals surface area contributed by atoms with Crippen LogP contribution in [0.1, 0.15) is 15.9 Å². The molecule has 138 valence electrons. The highest BCUT2D eigenvalue weighted by molar-refractivity contribution is 6.33. The Balaban J connectivity index is 1.61. The lowest BCUT2D eigenvalue weighted by Crippen LogP contribution is -2.17. The van der Waals surface area contributed by atoms with Gasteiger partial charge in [0.05, 0.1) is 28.8 Å². The molecule has 4 rings (SSSR count). The molecular formula is C21H15ClN4O2. The molecule has 0 saturated heterocycles. The molecule has 0 atom stereocenters. The van der Waals surface area contributed by atoms with Gasteiger partial charge in [-0.3, -0.25) is 4.79 Å². The maximum absolute atomic E-state index is 12.2. The van der Waals surface area contributed by atoms with Crippen molar-refractivity contribution in [1.29, 1.82) is 0 Å². The minimum absolute atomic E-state index is 0.354. The number of hydrazone groups is 1. The molecule has 0 fully saturated rings. The van der Waals surface area contributed by atoms with Gasteiger partial charge >= 0.3 is 0 Å². The highest BCUT2D eigenvalue weighted by atomic mass is 35.5. The van der Waals surface area contributed by atoms with E-state index in [1.165, 1.54) is 6.21 Å². The Bertz CT molecular complexity index is 1120. The Morgan fingerprint density at radius 2 is 1.86 bits per heavy atom. The van der Waals surface area contributed by atoms with Gasteiger partial charge in [0, 0.05) is 11.8 Å². The van der Waals surface area contributed by atoms with Crippen LogP contribution in [0.2, 0.25) is 5.02 Å². The largest absolute Gasteiger partial charge is 0.463 e. The number of carbonyl (C=O) groups excluding carboxylic acids is 1. The standard InChI is InChI=1S/C21H15ClN4O2/c22-18-10-5-4-9-17(18)21(27)24-23-13-15-14-26(16-7-2-1-3-8-16)25-20(15)19-11-6-12-28-19/h1-14H,(H,24,27)/b23-13-. The highest BCUT2D eigenvalue weighted by Crippen LogP contribution is 2.23. The molecule has 1 N–H and O–H groups in total. The summed E-state index contributed by atoms with van der Waals surface area (Å²) in [4.78, 5) is 12.2. The van der Waals surface area contributed by atoms with Crippen molar-refractivity contribution in [2.45, 2.75) is 0 Å². The number of para-hydroxylation sites is 1. The number of carbonyl (C=O) groups is 1. The van der Waals surface area contributed by atoms with Crippen LogP contribution in [0.15, 0.2) is 88.7 Å². The lowest BCUT2D eigenvalue weighted by atomic mass is 10.2. The van der Waals surface area contributed by atoms with Gasteiger partial charge in [-0.05, 0) is 36.4 Å². The third-order valence-electron chi connectivity index (χ3n) is 4.01. The summed E-state index contributed by atoms with van der Waals surface area (Å²) in [6.07, 6.45) is 4.92. The molecule has 0 spiro atoms. The molecule has 0 bridgehead atoms. The number of nitrogens with zero attached hydrogens (tertiary/aromatic N) is 3. The van der Waals surface area contributed by atoms with E-state index in [0.29, 0.717) is 27.6 Å². The summed E-state index contributed by atoms with van der Waals surface area (Å²) in [7, 11) is 0. The van der Waals surface area contributed by atoms with E-state index in [9.17, 15) is 4.79 Å². The van der Waals surface area contributed by atoms with Crippen molar-refractivity contribution in [3.8, 4) is 17.1 Å². The minimum Gasteiger partial charge on any atom is -0.463 e. The molecule has 6 nitrogen and oxygen atoms in total. The fourth-order valence-corrected chi connectivity index (χ4v) is 2.89.